The Kier molecular flexibility index (Phi) is 7.25. The molecule has 27 heavy (non-hydrogen) atoms. The van der Waals surface area contributed by atoms with Crippen LogP contribution in [0.25, 0.3) is 0 Å². The van der Waals surface area contributed by atoms with Gasteiger partial charge in [-0.3, -0.25) is 4.79 Å². The smallest absolute Gasteiger partial charge is 0.263 e. The van der Waals surface area contributed by atoms with Gasteiger partial charge < -0.3 is 14.4 Å². The Labute approximate surface area is 161 Å². The quantitative estimate of drug-likeness (QED) is 0.708. The number of hydrogen-bond acceptors (Lipinski definition) is 4. The standard InChI is InChI=1S/C22H26N2O3/c1-5-26-19-12-8-7-11-18(19)15-24(4)22(25)21(16(2)3)27-20-13-9-6-10-17(20)14-23/h6-13,16,21H,5,15H2,1-4H3. The van der Waals surface area contributed by atoms with Crippen molar-refractivity contribution in [3.05, 3.63) is 59.7 Å². The van der Waals surface area contributed by atoms with Crippen molar-refractivity contribution >= 4 is 5.91 Å². The molecule has 2 aromatic carbocycles. The number of ether oxygens (including phenoxy) is 2. The predicted molar refractivity (Wildman–Crippen MR) is 104 cm³/mol. The highest BCUT2D eigenvalue weighted by molar-refractivity contribution is 5.81. The molecule has 0 aliphatic heterocycles. The lowest BCUT2D eigenvalue weighted by molar-refractivity contribution is -0.139. The lowest BCUT2D eigenvalue weighted by Gasteiger charge is -2.27. The molecule has 5 nitrogen and oxygen atoms in total. The molecule has 1 atom stereocenters. The second-order valence-corrected chi connectivity index (χ2v) is 6.63. The number of benzene rings is 2. The Morgan fingerprint density at radius 3 is 2.37 bits per heavy atom. The van der Waals surface area contributed by atoms with Gasteiger partial charge in [-0.2, -0.15) is 5.26 Å². The Balaban J connectivity index is 2.18. The number of nitriles is 1. The van der Waals surface area contributed by atoms with Gasteiger partial charge >= 0.3 is 0 Å². The largest absolute Gasteiger partial charge is 0.494 e. The maximum Gasteiger partial charge on any atom is 0.263 e. The first-order valence-electron chi connectivity index (χ1n) is 9.09. The SMILES string of the molecule is CCOc1ccccc1CN(C)C(=O)C(Oc1ccccc1C#N)C(C)C. The highest BCUT2D eigenvalue weighted by atomic mass is 16.5. The van der Waals surface area contributed by atoms with E-state index in [0.717, 1.165) is 11.3 Å². The summed E-state index contributed by atoms with van der Waals surface area (Å²) in [7, 11) is 1.75. The van der Waals surface area contributed by atoms with E-state index in [1.54, 1.807) is 36.2 Å². The first kappa shape index (κ1) is 20.3. The number of para-hydroxylation sites is 2. The molecule has 0 aliphatic carbocycles. The molecule has 0 aromatic heterocycles. The molecular formula is C22H26N2O3. The zero-order valence-electron chi connectivity index (χ0n) is 16.3. The summed E-state index contributed by atoms with van der Waals surface area (Å²) in [6.07, 6.45) is -0.677. The molecule has 1 unspecified atom stereocenters. The van der Waals surface area contributed by atoms with Gasteiger partial charge in [0.05, 0.1) is 12.2 Å². The van der Waals surface area contributed by atoms with Crippen molar-refractivity contribution in [1.29, 1.82) is 5.26 Å². The van der Waals surface area contributed by atoms with Gasteiger partial charge in [-0.25, -0.2) is 0 Å². The van der Waals surface area contributed by atoms with Crippen molar-refractivity contribution in [2.75, 3.05) is 13.7 Å². The molecule has 1 amide bonds. The van der Waals surface area contributed by atoms with E-state index in [0.29, 0.717) is 24.5 Å². The van der Waals surface area contributed by atoms with Crippen molar-refractivity contribution in [2.24, 2.45) is 5.92 Å². The predicted octanol–water partition coefficient (Wildman–Crippen LogP) is 4.02. The topological polar surface area (TPSA) is 62.6 Å². The normalized spacial score (nSPS) is 11.6. The zero-order chi connectivity index (χ0) is 19.8. The second-order valence-electron chi connectivity index (χ2n) is 6.63. The van der Waals surface area contributed by atoms with Crippen LogP contribution in [0.1, 0.15) is 31.9 Å². The number of likely N-dealkylation sites (N-methyl/N-ethyl adjacent to an activating group) is 1. The average molecular weight is 366 g/mol. The number of carbonyl (C=O) groups is 1. The molecule has 0 fully saturated rings. The lowest BCUT2D eigenvalue weighted by Crippen LogP contribution is -2.42. The van der Waals surface area contributed by atoms with Crippen LogP contribution < -0.4 is 9.47 Å². The van der Waals surface area contributed by atoms with Crippen molar-refractivity contribution in [2.45, 2.75) is 33.4 Å². The highest BCUT2D eigenvalue weighted by Crippen LogP contribution is 2.23. The first-order valence-corrected chi connectivity index (χ1v) is 9.09. The van der Waals surface area contributed by atoms with Gasteiger partial charge in [0, 0.05) is 19.2 Å². The molecule has 2 rings (SSSR count). The molecule has 142 valence electrons. The van der Waals surface area contributed by atoms with Crippen LogP contribution in [0.15, 0.2) is 48.5 Å². The molecule has 0 N–H and O–H groups in total. The molecule has 0 heterocycles. The van der Waals surface area contributed by atoms with Crippen LogP contribution in [0, 0.1) is 17.2 Å². The van der Waals surface area contributed by atoms with Gasteiger partial charge in [-0.1, -0.05) is 44.2 Å². The van der Waals surface area contributed by atoms with E-state index < -0.39 is 6.10 Å². The molecule has 5 heteroatoms. The molecule has 2 aromatic rings. The summed E-state index contributed by atoms with van der Waals surface area (Å²) in [6.45, 7) is 6.78. The summed E-state index contributed by atoms with van der Waals surface area (Å²) in [5.41, 5.74) is 1.36. The minimum absolute atomic E-state index is 0.0474. The number of hydrogen-bond donors (Lipinski definition) is 0. The Morgan fingerprint density at radius 1 is 1.11 bits per heavy atom. The van der Waals surface area contributed by atoms with Gasteiger partial charge in [0.15, 0.2) is 6.10 Å². The Hall–Kier alpha value is -3.00. The molecular weight excluding hydrogens is 340 g/mol. The third-order valence-corrected chi connectivity index (χ3v) is 4.17. The number of carbonyl (C=O) groups excluding carboxylic acids is 1. The lowest BCUT2D eigenvalue weighted by atomic mass is 10.1. The van der Waals surface area contributed by atoms with Gasteiger partial charge in [0.2, 0.25) is 0 Å². The van der Waals surface area contributed by atoms with Crippen LogP contribution in [-0.2, 0) is 11.3 Å². The highest BCUT2D eigenvalue weighted by Gasteiger charge is 2.28. The minimum atomic E-state index is -0.677. The fourth-order valence-corrected chi connectivity index (χ4v) is 2.75. The number of nitrogens with zero attached hydrogens (tertiary/aromatic N) is 2. The van der Waals surface area contributed by atoms with Crippen LogP contribution in [-0.4, -0.2) is 30.6 Å². The number of amides is 1. The summed E-state index contributed by atoms with van der Waals surface area (Å²) in [5, 5.41) is 9.25. The molecule has 0 saturated heterocycles. The van der Waals surface area contributed by atoms with Crippen molar-refractivity contribution in [3.8, 4) is 17.6 Å². The van der Waals surface area contributed by atoms with Crippen molar-refractivity contribution < 1.29 is 14.3 Å². The maximum atomic E-state index is 13.0. The zero-order valence-corrected chi connectivity index (χ0v) is 16.3. The van der Waals surface area contributed by atoms with E-state index in [1.807, 2.05) is 45.0 Å². The molecule has 0 spiro atoms. The van der Waals surface area contributed by atoms with E-state index in [4.69, 9.17) is 9.47 Å². The van der Waals surface area contributed by atoms with Crippen molar-refractivity contribution in [1.82, 2.24) is 4.90 Å². The summed E-state index contributed by atoms with van der Waals surface area (Å²) >= 11 is 0. The molecule has 0 saturated carbocycles. The van der Waals surface area contributed by atoms with E-state index >= 15 is 0 Å². The fraction of sp³-hybridized carbons (Fsp3) is 0.364. The summed E-state index contributed by atoms with van der Waals surface area (Å²) in [4.78, 5) is 14.7. The maximum absolute atomic E-state index is 13.0. The minimum Gasteiger partial charge on any atom is -0.494 e. The monoisotopic (exact) mass is 366 g/mol. The van der Waals surface area contributed by atoms with Crippen LogP contribution in [0.4, 0.5) is 0 Å². The number of rotatable bonds is 8. The fourth-order valence-electron chi connectivity index (χ4n) is 2.75. The first-order chi connectivity index (χ1) is 13.0. The van der Waals surface area contributed by atoms with Crippen LogP contribution >= 0.6 is 0 Å². The Morgan fingerprint density at radius 2 is 1.74 bits per heavy atom. The van der Waals surface area contributed by atoms with Crippen LogP contribution in [0.3, 0.4) is 0 Å². The van der Waals surface area contributed by atoms with Gasteiger partial charge in [-0.05, 0) is 31.0 Å². The molecule has 0 radical (unpaired) electrons. The summed E-state index contributed by atoms with van der Waals surface area (Å²) < 4.78 is 11.6. The van der Waals surface area contributed by atoms with E-state index in [2.05, 4.69) is 6.07 Å². The van der Waals surface area contributed by atoms with Gasteiger partial charge in [0.1, 0.15) is 17.6 Å². The average Bonchev–Trinajstić information content (AvgIpc) is 2.67. The third-order valence-electron chi connectivity index (χ3n) is 4.17. The molecule has 0 bridgehead atoms. The van der Waals surface area contributed by atoms with Gasteiger partial charge in [0.25, 0.3) is 5.91 Å². The van der Waals surface area contributed by atoms with Crippen LogP contribution in [0.5, 0.6) is 11.5 Å². The van der Waals surface area contributed by atoms with E-state index in [9.17, 15) is 10.1 Å². The van der Waals surface area contributed by atoms with Gasteiger partial charge in [-0.15, -0.1) is 0 Å². The summed E-state index contributed by atoms with van der Waals surface area (Å²) in [5.74, 6) is 1.02. The Bertz CT molecular complexity index is 811. The van der Waals surface area contributed by atoms with Crippen LogP contribution in [0.2, 0.25) is 0 Å². The third kappa shape index (κ3) is 5.24. The van der Waals surface area contributed by atoms with E-state index in [-0.39, 0.29) is 11.8 Å². The van der Waals surface area contributed by atoms with E-state index in [1.165, 1.54) is 0 Å². The van der Waals surface area contributed by atoms with Crippen molar-refractivity contribution in [3.63, 3.8) is 0 Å². The summed E-state index contributed by atoms with van der Waals surface area (Å²) in [6, 6.07) is 16.7. The second kappa shape index (κ2) is 9.63. The molecule has 0 aliphatic rings.